The van der Waals surface area contributed by atoms with Gasteiger partial charge in [-0.1, -0.05) is 12.1 Å². The molecule has 1 atom stereocenters. The number of halogens is 1. The number of aromatic nitrogens is 4. The first-order valence-corrected chi connectivity index (χ1v) is 7.43. The molecular formula is C15H21ClN6O. The van der Waals surface area contributed by atoms with Crippen molar-refractivity contribution in [3.8, 4) is 11.4 Å². The summed E-state index contributed by atoms with van der Waals surface area (Å²) in [5, 5.41) is 17.8. The van der Waals surface area contributed by atoms with E-state index < -0.39 is 0 Å². The average Bonchev–Trinajstić information content (AvgIpc) is 2.94. The van der Waals surface area contributed by atoms with Gasteiger partial charge < -0.3 is 10.6 Å². The van der Waals surface area contributed by atoms with Crippen LogP contribution in [0.3, 0.4) is 0 Å². The highest BCUT2D eigenvalue weighted by Crippen LogP contribution is 2.28. The van der Waals surface area contributed by atoms with E-state index in [-0.39, 0.29) is 23.7 Å². The van der Waals surface area contributed by atoms with E-state index in [2.05, 4.69) is 26.2 Å². The Morgan fingerprint density at radius 1 is 1.43 bits per heavy atom. The Bertz CT molecular complexity index is 680. The Hall–Kier alpha value is -1.99. The molecule has 0 spiro atoms. The number of hydrogen-bond acceptors (Lipinski definition) is 5. The Balaban J connectivity index is 0.00000192. The summed E-state index contributed by atoms with van der Waals surface area (Å²) in [7, 11) is 1.79. The van der Waals surface area contributed by atoms with Crippen LogP contribution in [0.25, 0.3) is 11.4 Å². The molecule has 1 fully saturated rings. The maximum atomic E-state index is 12.6. The second kappa shape index (κ2) is 7.06. The van der Waals surface area contributed by atoms with Crippen LogP contribution in [0.15, 0.2) is 24.3 Å². The number of aryl methyl sites for hydroxylation is 1. The van der Waals surface area contributed by atoms with Crippen LogP contribution in [0.4, 0.5) is 5.69 Å². The van der Waals surface area contributed by atoms with Gasteiger partial charge in [-0.3, -0.25) is 4.79 Å². The van der Waals surface area contributed by atoms with E-state index in [1.165, 1.54) is 0 Å². The van der Waals surface area contributed by atoms with Crippen LogP contribution in [0, 0.1) is 5.41 Å². The van der Waals surface area contributed by atoms with Crippen molar-refractivity contribution in [1.82, 2.24) is 25.5 Å². The topological polar surface area (TPSA) is 84.7 Å². The number of piperidine rings is 1. The van der Waals surface area contributed by atoms with Gasteiger partial charge >= 0.3 is 0 Å². The third-order valence-electron chi connectivity index (χ3n) is 4.14. The SMILES string of the molecule is Cl.Cn1nnnc1-c1cccc(NC(=O)C2(C)CCCNC2)c1. The zero-order chi connectivity index (χ0) is 15.6. The monoisotopic (exact) mass is 336 g/mol. The molecule has 0 saturated carbocycles. The van der Waals surface area contributed by atoms with Gasteiger partial charge in [-0.2, -0.15) is 0 Å². The predicted octanol–water partition coefficient (Wildman–Crippen LogP) is 1.63. The minimum atomic E-state index is -0.361. The van der Waals surface area contributed by atoms with Crippen molar-refractivity contribution < 1.29 is 4.79 Å². The van der Waals surface area contributed by atoms with Crippen molar-refractivity contribution in [2.45, 2.75) is 19.8 Å². The molecular weight excluding hydrogens is 316 g/mol. The van der Waals surface area contributed by atoms with E-state index in [9.17, 15) is 4.79 Å². The minimum Gasteiger partial charge on any atom is -0.326 e. The standard InChI is InChI=1S/C15H20N6O.ClH/c1-15(7-4-8-16-10-15)14(22)17-12-6-3-5-11(9-12)13-18-19-20-21(13)2;/h3,5-6,9,16H,4,7-8,10H2,1-2H3,(H,17,22);1H. The molecule has 1 saturated heterocycles. The van der Waals surface area contributed by atoms with Gasteiger partial charge in [0.15, 0.2) is 5.82 Å². The summed E-state index contributed by atoms with van der Waals surface area (Å²) in [6.45, 7) is 3.70. The van der Waals surface area contributed by atoms with Crippen LogP contribution in [-0.4, -0.2) is 39.2 Å². The number of anilines is 1. The summed E-state index contributed by atoms with van der Waals surface area (Å²) >= 11 is 0. The van der Waals surface area contributed by atoms with E-state index in [4.69, 9.17) is 0 Å². The summed E-state index contributed by atoms with van der Waals surface area (Å²) in [6.07, 6.45) is 1.92. The van der Waals surface area contributed by atoms with Crippen LogP contribution in [0.5, 0.6) is 0 Å². The van der Waals surface area contributed by atoms with Gasteiger partial charge in [-0.25, -0.2) is 4.68 Å². The molecule has 3 rings (SSSR count). The number of rotatable bonds is 3. The molecule has 2 aromatic rings. The maximum Gasteiger partial charge on any atom is 0.231 e. The summed E-state index contributed by atoms with van der Waals surface area (Å²) in [4.78, 5) is 12.6. The number of benzene rings is 1. The molecule has 2 heterocycles. The second-order valence-electron chi connectivity index (χ2n) is 6.00. The third-order valence-corrected chi connectivity index (χ3v) is 4.14. The highest BCUT2D eigenvalue weighted by molar-refractivity contribution is 5.95. The van der Waals surface area contributed by atoms with Crippen molar-refractivity contribution in [3.63, 3.8) is 0 Å². The van der Waals surface area contributed by atoms with Crippen molar-refractivity contribution in [2.75, 3.05) is 18.4 Å². The molecule has 1 aromatic heterocycles. The predicted molar refractivity (Wildman–Crippen MR) is 90.3 cm³/mol. The van der Waals surface area contributed by atoms with Gasteiger partial charge in [0.25, 0.3) is 0 Å². The Morgan fingerprint density at radius 3 is 2.91 bits per heavy atom. The van der Waals surface area contributed by atoms with Crippen molar-refractivity contribution >= 4 is 24.0 Å². The second-order valence-corrected chi connectivity index (χ2v) is 6.00. The average molecular weight is 337 g/mol. The van der Waals surface area contributed by atoms with Crippen LogP contribution in [0.2, 0.25) is 0 Å². The molecule has 1 amide bonds. The van der Waals surface area contributed by atoms with Crippen LogP contribution < -0.4 is 10.6 Å². The summed E-state index contributed by atoms with van der Waals surface area (Å²) in [6, 6.07) is 7.58. The minimum absolute atomic E-state index is 0. The number of nitrogens with zero attached hydrogens (tertiary/aromatic N) is 4. The van der Waals surface area contributed by atoms with E-state index in [0.29, 0.717) is 12.4 Å². The van der Waals surface area contributed by atoms with Crippen LogP contribution >= 0.6 is 12.4 Å². The number of tetrazole rings is 1. The Labute approximate surface area is 141 Å². The highest BCUT2D eigenvalue weighted by atomic mass is 35.5. The van der Waals surface area contributed by atoms with Crippen LogP contribution in [-0.2, 0) is 11.8 Å². The lowest BCUT2D eigenvalue weighted by Gasteiger charge is -2.32. The smallest absolute Gasteiger partial charge is 0.231 e. The summed E-state index contributed by atoms with van der Waals surface area (Å²) in [5.41, 5.74) is 1.27. The van der Waals surface area contributed by atoms with E-state index in [0.717, 1.165) is 30.6 Å². The molecule has 1 aliphatic heterocycles. The zero-order valence-electron chi connectivity index (χ0n) is 13.2. The Kier molecular flexibility index (Phi) is 5.33. The maximum absolute atomic E-state index is 12.6. The molecule has 23 heavy (non-hydrogen) atoms. The van der Waals surface area contributed by atoms with Crippen molar-refractivity contribution in [1.29, 1.82) is 0 Å². The van der Waals surface area contributed by atoms with Gasteiger partial charge in [-0.15, -0.1) is 17.5 Å². The van der Waals surface area contributed by atoms with E-state index >= 15 is 0 Å². The lowest BCUT2D eigenvalue weighted by atomic mass is 9.82. The Morgan fingerprint density at radius 2 is 2.26 bits per heavy atom. The largest absolute Gasteiger partial charge is 0.326 e. The fourth-order valence-electron chi connectivity index (χ4n) is 2.74. The first-order valence-electron chi connectivity index (χ1n) is 7.43. The lowest BCUT2D eigenvalue weighted by Crippen LogP contribution is -2.46. The number of hydrogen-bond donors (Lipinski definition) is 2. The quantitative estimate of drug-likeness (QED) is 0.889. The highest BCUT2D eigenvalue weighted by Gasteiger charge is 2.34. The molecule has 7 nitrogen and oxygen atoms in total. The first-order chi connectivity index (χ1) is 10.6. The fraction of sp³-hybridized carbons (Fsp3) is 0.467. The molecule has 0 radical (unpaired) electrons. The van der Waals surface area contributed by atoms with Crippen LogP contribution in [0.1, 0.15) is 19.8 Å². The molecule has 124 valence electrons. The fourth-order valence-corrected chi connectivity index (χ4v) is 2.74. The van der Waals surface area contributed by atoms with Crippen molar-refractivity contribution in [3.05, 3.63) is 24.3 Å². The van der Waals surface area contributed by atoms with Gasteiger partial charge in [0.05, 0.1) is 5.41 Å². The van der Waals surface area contributed by atoms with Gasteiger partial charge in [0.2, 0.25) is 5.91 Å². The summed E-state index contributed by atoms with van der Waals surface area (Å²) in [5.74, 6) is 0.717. The van der Waals surface area contributed by atoms with Gasteiger partial charge in [-0.05, 0) is 48.9 Å². The normalized spacial score (nSPS) is 20.6. The number of carbonyl (C=O) groups is 1. The molecule has 1 aromatic carbocycles. The molecule has 2 N–H and O–H groups in total. The lowest BCUT2D eigenvalue weighted by molar-refractivity contribution is -0.125. The molecule has 8 heteroatoms. The molecule has 1 unspecified atom stereocenters. The molecule has 1 aliphatic rings. The number of carbonyl (C=O) groups excluding carboxylic acids is 1. The van der Waals surface area contributed by atoms with Gasteiger partial charge in [0.1, 0.15) is 0 Å². The first kappa shape index (κ1) is 17.4. The van der Waals surface area contributed by atoms with Gasteiger partial charge in [0, 0.05) is 24.8 Å². The molecule has 0 bridgehead atoms. The summed E-state index contributed by atoms with van der Waals surface area (Å²) < 4.78 is 1.60. The number of amides is 1. The molecule has 0 aliphatic carbocycles. The third kappa shape index (κ3) is 3.68. The van der Waals surface area contributed by atoms with E-state index in [1.807, 2.05) is 31.2 Å². The van der Waals surface area contributed by atoms with E-state index in [1.54, 1.807) is 11.7 Å². The van der Waals surface area contributed by atoms with Crippen molar-refractivity contribution in [2.24, 2.45) is 12.5 Å². The number of nitrogens with one attached hydrogen (secondary N) is 2. The zero-order valence-corrected chi connectivity index (χ0v) is 14.1.